The second-order valence-corrected chi connectivity index (χ2v) is 9.23. The molecular weight excluding hydrogens is 378 g/mol. The zero-order valence-electron chi connectivity index (χ0n) is 16.2. The van der Waals surface area contributed by atoms with Crippen molar-refractivity contribution in [1.82, 2.24) is 19.4 Å². The van der Waals surface area contributed by atoms with Gasteiger partial charge in [-0.05, 0) is 24.6 Å². The van der Waals surface area contributed by atoms with Crippen molar-refractivity contribution in [2.45, 2.75) is 31.6 Å². The van der Waals surface area contributed by atoms with Crippen LogP contribution in [-0.4, -0.2) is 54.0 Å². The molecule has 0 N–H and O–H groups in total. The van der Waals surface area contributed by atoms with Crippen LogP contribution in [0.25, 0.3) is 10.9 Å². The number of anilines is 1. The first-order chi connectivity index (χ1) is 13.4. The predicted octanol–water partition coefficient (Wildman–Crippen LogP) is 2.56. The van der Waals surface area contributed by atoms with Crippen LogP contribution in [0, 0.1) is 6.92 Å². The molecule has 1 saturated heterocycles. The topological polar surface area (TPSA) is 92.4 Å². The zero-order valence-corrected chi connectivity index (χ0v) is 17.0. The largest absolute Gasteiger partial charge is 0.324 e. The summed E-state index contributed by atoms with van der Waals surface area (Å²) in [6.45, 7) is 7.63. The summed E-state index contributed by atoms with van der Waals surface area (Å²) >= 11 is 0. The SMILES string of the molecule is Cc1cnc2c(S(=O)(=O)N3CCN(c4nc(C(C)C)no4)CC3)cccc2c1. The average molecular weight is 401 g/mol. The van der Waals surface area contributed by atoms with Gasteiger partial charge in [0.1, 0.15) is 4.90 Å². The van der Waals surface area contributed by atoms with Crippen molar-refractivity contribution < 1.29 is 12.9 Å². The number of benzene rings is 1. The van der Waals surface area contributed by atoms with Crippen molar-refractivity contribution in [3.05, 3.63) is 41.9 Å². The minimum atomic E-state index is -3.64. The van der Waals surface area contributed by atoms with Crippen LogP contribution in [0.1, 0.15) is 31.2 Å². The summed E-state index contributed by atoms with van der Waals surface area (Å²) in [5, 5.41) is 4.81. The molecule has 148 valence electrons. The molecule has 3 aromatic rings. The van der Waals surface area contributed by atoms with Crippen molar-refractivity contribution in [2.75, 3.05) is 31.1 Å². The van der Waals surface area contributed by atoms with Gasteiger partial charge in [-0.15, -0.1) is 0 Å². The summed E-state index contributed by atoms with van der Waals surface area (Å²) in [6.07, 6.45) is 1.70. The smallest absolute Gasteiger partial charge is 0.322 e. The van der Waals surface area contributed by atoms with Gasteiger partial charge in [-0.25, -0.2) is 8.42 Å². The molecule has 28 heavy (non-hydrogen) atoms. The standard InChI is InChI=1S/C19H23N5O3S/c1-13(2)18-21-19(27-22-18)23-7-9-24(10-8-23)28(25,26)16-6-4-5-15-11-14(3)12-20-17(15)16/h4-6,11-13H,7-10H2,1-3H3. The summed E-state index contributed by atoms with van der Waals surface area (Å²) in [7, 11) is -3.64. The van der Waals surface area contributed by atoms with E-state index in [9.17, 15) is 8.42 Å². The molecule has 0 saturated carbocycles. The maximum Gasteiger partial charge on any atom is 0.324 e. The monoisotopic (exact) mass is 401 g/mol. The quantitative estimate of drug-likeness (QED) is 0.663. The van der Waals surface area contributed by atoms with Crippen molar-refractivity contribution >= 4 is 26.9 Å². The molecule has 0 spiro atoms. The molecule has 3 heterocycles. The summed E-state index contributed by atoms with van der Waals surface area (Å²) < 4.78 is 33.3. The van der Waals surface area contributed by atoms with Gasteiger partial charge in [0.15, 0.2) is 5.82 Å². The third-order valence-corrected chi connectivity index (χ3v) is 6.82. The average Bonchev–Trinajstić information content (AvgIpc) is 3.18. The van der Waals surface area contributed by atoms with Gasteiger partial charge in [0.2, 0.25) is 10.0 Å². The highest BCUT2D eigenvalue weighted by molar-refractivity contribution is 7.89. The van der Waals surface area contributed by atoms with Crippen LogP contribution in [0.2, 0.25) is 0 Å². The van der Waals surface area contributed by atoms with Gasteiger partial charge in [-0.1, -0.05) is 31.1 Å². The third kappa shape index (κ3) is 3.35. The van der Waals surface area contributed by atoms with Gasteiger partial charge in [0.05, 0.1) is 5.52 Å². The van der Waals surface area contributed by atoms with E-state index < -0.39 is 10.0 Å². The third-order valence-electron chi connectivity index (χ3n) is 4.89. The highest BCUT2D eigenvalue weighted by Crippen LogP contribution is 2.26. The maximum atomic E-state index is 13.2. The highest BCUT2D eigenvalue weighted by Gasteiger charge is 2.31. The van der Waals surface area contributed by atoms with Gasteiger partial charge in [-0.2, -0.15) is 9.29 Å². The first-order valence-corrected chi connectivity index (χ1v) is 10.7. The summed E-state index contributed by atoms with van der Waals surface area (Å²) in [6, 6.07) is 7.66. The Morgan fingerprint density at radius 2 is 1.89 bits per heavy atom. The number of sulfonamides is 1. The Balaban J connectivity index is 1.55. The van der Waals surface area contributed by atoms with Gasteiger partial charge < -0.3 is 9.42 Å². The van der Waals surface area contributed by atoms with E-state index in [2.05, 4.69) is 15.1 Å². The molecule has 1 aliphatic heterocycles. The number of hydrogen-bond acceptors (Lipinski definition) is 7. The van der Waals surface area contributed by atoms with Crippen molar-refractivity contribution in [1.29, 1.82) is 0 Å². The molecule has 2 aromatic heterocycles. The first kappa shape index (κ1) is 18.8. The maximum absolute atomic E-state index is 13.2. The second-order valence-electron chi connectivity index (χ2n) is 7.32. The number of rotatable bonds is 4. The number of aryl methyl sites for hydroxylation is 1. The molecule has 1 aliphatic rings. The van der Waals surface area contributed by atoms with E-state index in [1.807, 2.05) is 37.8 Å². The van der Waals surface area contributed by atoms with Crippen LogP contribution in [0.15, 0.2) is 39.9 Å². The lowest BCUT2D eigenvalue weighted by Crippen LogP contribution is -2.48. The Morgan fingerprint density at radius 3 is 2.57 bits per heavy atom. The fourth-order valence-corrected chi connectivity index (χ4v) is 4.89. The Bertz CT molecular complexity index is 1100. The molecule has 0 radical (unpaired) electrons. The van der Waals surface area contributed by atoms with Crippen LogP contribution < -0.4 is 4.90 Å². The second kappa shape index (κ2) is 7.14. The molecule has 0 bridgehead atoms. The number of pyridine rings is 1. The van der Waals surface area contributed by atoms with Crippen molar-refractivity contribution in [2.24, 2.45) is 0 Å². The molecule has 9 heteroatoms. The molecule has 4 rings (SSSR count). The Morgan fingerprint density at radius 1 is 1.14 bits per heavy atom. The molecular formula is C19H23N5O3S. The number of piperazine rings is 1. The first-order valence-electron chi connectivity index (χ1n) is 9.30. The number of nitrogens with zero attached hydrogens (tertiary/aromatic N) is 5. The number of aromatic nitrogens is 3. The van der Waals surface area contributed by atoms with Gasteiger partial charge in [0.25, 0.3) is 0 Å². The molecule has 0 atom stereocenters. The number of para-hydroxylation sites is 1. The minimum absolute atomic E-state index is 0.182. The molecule has 8 nitrogen and oxygen atoms in total. The van der Waals surface area contributed by atoms with E-state index >= 15 is 0 Å². The molecule has 0 aliphatic carbocycles. The normalized spacial score (nSPS) is 16.2. The fourth-order valence-electron chi connectivity index (χ4n) is 3.30. The van der Waals surface area contributed by atoms with E-state index in [4.69, 9.17) is 4.52 Å². The fraction of sp³-hybridized carbons (Fsp3) is 0.421. The van der Waals surface area contributed by atoms with Crippen LogP contribution in [0.5, 0.6) is 0 Å². The summed E-state index contributed by atoms with van der Waals surface area (Å²) in [5.74, 6) is 0.837. The number of fused-ring (bicyclic) bond motifs is 1. The lowest BCUT2D eigenvalue weighted by molar-refractivity contribution is 0.353. The molecule has 1 aromatic carbocycles. The Kier molecular flexibility index (Phi) is 4.80. The summed E-state index contributed by atoms with van der Waals surface area (Å²) in [4.78, 5) is 10.9. The van der Waals surface area contributed by atoms with Crippen molar-refractivity contribution in [3.63, 3.8) is 0 Å². The predicted molar refractivity (Wildman–Crippen MR) is 106 cm³/mol. The van der Waals surface area contributed by atoms with E-state index in [0.717, 1.165) is 10.9 Å². The molecule has 1 fully saturated rings. The lowest BCUT2D eigenvalue weighted by atomic mass is 10.2. The van der Waals surface area contributed by atoms with Crippen LogP contribution in [0.3, 0.4) is 0 Å². The van der Waals surface area contributed by atoms with Gasteiger partial charge >= 0.3 is 6.01 Å². The number of hydrogen-bond donors (Lipinski definition) is 0. The van der Waals surface area contributed by atoms with E-state index in [1.165, 1.54) is 4.31 Å². The van der Waals surface area contributed by atoms with Crippen LogP contribution in [0.4, 0.5) is 6.01 Å². The van der Waals surface area contributed by atoms with Crippen LogP contribution >= 0.6 is 0 Å². The van der Waals surface area contributed by atoms with Crippen LogP contribution in [-0.2, 0) is 10.0 Å². The van der Waals surface area contributed by atoms with Gasteiger partial charge in [0, 0.05) is 43.7 Å². The Hall–Kier alpha value is -2.52. The van der Waals surface area contributed by atoms with E-state index in [1.54, 1.807) is 18.3 Å². The van der Waals surface area contributed by atoms with Gasteiger partial charge in [-0.3, -0.25) is 4.98 Å². The zero-order chi connectivity index (χ0) is 19.9. The van der Waals surface area contributed by atoms with E-state index in [0.29, 0.717) is 43.5 Å². The summed E-state index contributed by atoms with van der Waals surface area (Å²) in [5.41, 5.74) is 1.50. The Labute approximate surface area is 164 Å². The highest BCUT2D eigenvalue weighted by atomic mass is 32.2. The van der Waals surface area contributed by atoms with E-state index in [-0.39, 0.29) is 10.8 Å². The lowest BCUT2D eigenvalue weighted by Gasteiger charge is -2.32. The molecule has 0 amide bonds. The van der Waals surface area contributed by atoms with Crippen molar-refractivity contribution in [3.8, 4) is 0 Å². The molecule has 0 unspecified atom stereocenters. The minimum Gasteiger partial charge on any atom is -0.322 e.